The Hall–Kier alpha value is -3.45. The highest BCUT2D eigenvalue weighted by Gasteiger charge is 2.13. The lowest BCUT2D eigenvalue weighted by Crippen LogP contribution is -2.36. The molecule has 0 radical (unpaired) electrons. The summed E-state index contributed by atoms with van der Waals surface area (Å²) >= 11 is 0. The van der Waals surface area contributed by atoms with Crippen LogP contribution in [0.25, 0.3) is 0 Å². The molecule has 1 aromatic heterocycles. The zero-order valence-electron chi connectivity index (χ0n) is 16.3. The molecule has 148 valence electrons. The van der Waals surface area contributed by atoms with Crippen molar-refractivity contribution in [3.8, 4) is 0 Å². The zero-order valence-corrected chi connectivity index (χ0v) is 16.3. The molecule has 4 rings (SSSR count). The first kappa shape index (κ1) is 18.9. The molecule has 0 unspecified atom stereocenters. The summed E-state index contributed by atoms with van der Waals surface area (Å²) < 4.78 is 5.40. The Bertz CT molecular complexity index is 985. The number of morpholine rings is 1. The summed E-state index contributed by atoms with van der Waals surface area (Å²) in [6.45, 7) is 5.07. The van der Waals surface area contributed by atoms with Crippen molar-refractivity contribution in [3.63, 3.8) is 0 Å². The van der Waals surface area contributed by atoms with Crippen LogP contribution in [0.3, 0.4) is 0 Å². The number of rotatable bonds is 5. The number of nitrogens with one attached hydrogen (secondary N) is 2. The predicted octanol–water partition coefficient (Wildman–Crippen LogP) is 3.62. The molecule has 2 N–H and O–H groups in total. The van der Waals surface area contributed by atoms with Crippen molar-refractivity contribution in [1.82, 2.24) is 10.2 Å². The molecule has 7 nitrogen and oxygen atoms in total. The van der Waals surface area contributed by atoms with Crippen molar-refractivity contribution in [2.75, 3.05) is 41.8 Å². The van der Waals surface area contributed by atoms with Gasteiger partial charge in [0.15, 0.2) is 5.82 Å². The quantitative estimate of drug-likeness (QED) is 0.694. The summed E-state index contributed by atoms with van der Waals surface area (Å²) in [4.78, 5) is 14.7. The van der Waals surface area contributed by atoms with E-state index in [4.69, 9.17) is 4.74 Å². The maximum Gasteiger partial charge on any atom is 0.255 e. The zero-order chi connectivity index (χ0) is 20.1. The van der Waals surface area contributed by atoms with E-state index in [2.05, 4.69) is 25.7 Å². The van der Waals surface area contributed by atoms with Gasteiger partial charge in [-0.1, -0.05) is 18.2 Å². The molecule has 0 spiro atoms. The minimum atomic E-state index is -0.118. The lowest BCUT2D eigenvalue weighted by Gasteiger charge is -2.28. The molecule has 1 fully saturated rings. The van der Waals surface area contributed by atoms with Crippen LogP contribution in [0.4, 0.5) is 22.9 Å². The van der Waals surface area contributed by atoms with E-state index < -0.39 is 0 Å². The second kappa shape index (κ2) is 8.70. The van der Waals surface area contributed by atoms with Crippen molar-refractivity contribution < 1.29 is 9.53 Å². The standard InChI is InChI=1S/C22H23N5O2/c1-16-4-2-3-5-20(16)22(28)25-18-8-6-17(7-9-18)24-21-14-19(15-23-26-21)27-10-12-29-13-11-27/h2-9,14-15H,10-13H2,1H3,(H,24,26)(H,25,28). The summed E-state index contributed by atoms with van der Waals surface area (Å²) in [6.07, 6.45) is 1.76. The summed E-state index contributed by atoms with van der Waals surface area (Å²) in [6, 6.07) is 17.0. The summed E-state index contributed by atoms with van der Waals surface area (Å²) in [5.74, 6) is 0.554. The highest BCUT2D eigenvalue weighted by atomic mass is 16.5. The van der Waals surface area contributed by atoms with E-state index >= 15 is 0 Å². The van der Waals surface area contributed by atoms with E-state index in [9.17, 15) is 4.79 Å². The van der Waals surface area contributed by atoms with Gasteiger partial charge < -0.3 is 20.3 Å². The molecule has 0 saturated carbocycles. The fraction of sp³-hybridized carbons (Fsp3) is 0.227. The van der Waals surface area contributed by atoms with Gasteiger partial charge in [-0.15, -0.1) is 5.10 Å². The van der Waals surface area contributed by atoms with Crippen LogP contribution >= 0.6 is 0 Å². The molecule has 1 saturated heterocycles. The van der Waals surface area contributed by atoms with Crippen LogP contribution < -0.4 is 15.5 Å². The number of carbonyl (C=O) groups is 1. The number of hydrogen-bond acceptors (Lipinski definition) is 6. The number of carbonyl (C=O) groups excluding carboxylic acids is 1. The van der Waals surface area contributed by atoms with Crippen LogP contribution in [0.15, 0.2) is 60.8 Å². The van der Waals surface area contributed by atoms with Gasteiger partial charge in [0.05, 0.1) is 25.1 Å². The largest absolute Gasteiger partial charge is 0.378 e. The van der Waals surface area contributed by atoms with Crippen LogP contribution in [0.5, 0.6) is 0 Å². The van der Waals surface area contributed by atoms with E-state index in [-0.39, 0.29) is 5.91 Å². The van der Waals surface area contributed by atoms with Crippen LogP contribution in [0.1, 0.15) is 15.9 Å². The van der Waals surface area contributed by atoms with E-state index in [1.54, 1.807) is 6.20 Å². The van der Waals surface area contributed by atoms with E-state index in [1.165, 1.54) is 0 Å². The molecule has 1 amide bonds. The van der Waals surface area contributed by atoms with Crippen LogP contribution in [0.2, 0.25) is 0 Å². The van der Waals surface area contributed by atoms with Gasteiger partial charge in [-0.25, -0.2) is 0 Å². The van der Waals surface area contributed by atoms with Gasteiger partial charge in [-0.3, -0.25) is 4.79 Å². The maximum absolute atomic E-state index is 12.4. The first-order valence-electron chi connectivity index (χ1n) is 9.58. The van der Waals surface area contributed by atoms with E-state index in [0.717, 1.165) is 48.9 Å². The highest BCUT2D eigenvalue weighted by Crippen LogP contribution is 2.22. The van der Waals surface area contributed by atoms with Gasteiger partial charge in [0, 0.05) is 36.1 Å². The Morgan fingerprint density at radius 3 is 2.52 bits per heavy atom. The maximum atomic E-state index is 12.4. The molecule has 1 aliphatic rings. The average Bonchev–Trinajstić information content (AvgIpc) is 2.76. The normalized spacial score (nSPS) is 13.8. The number of hydrogen-bond donors (Lipinski definition) is 2. The van der Waals surface area contributed by atoms with Crippen molar-refractivity contribution in [2.45, 2.75) is 6.92 Å². The minimum absolute atomic E-state index is 0.118. The molecule has 7 heteroatoms. The van der Waals surface area contributed by atoms with Crippen molar-refractivity contribution in [1.29, 1.82) is 0 Å². The first-order chi connectivity index (χ1) is 14.2. The van der Waals surface area contributed by atoms with Gasteiger partial charge in [0.25, 0.3) is 5.91 Å². The van der Waals surface area contributed by atoms with E-state index in [0.29, 0.717) is 11.4 Å². The summed E-state index contributed by atoms with van der Waals surface area (Å²) in [7, 11) is 0. The molecule has 2 heterocycles. The van der Waals surface area contributed by atoms with Crippen molar-refractivity contribution in [2.24, 2.45) is 0 Å². The van der Waals surface area contributed by atoms with E-state index in [1.807, 2.05) is 61.5 Å². The number of aryl methyl sites for hydroxylation is 1. The highest BCUT2D eigenvalue weighted by molar-refractivity contribution is 6.05. The Labute approximate surface area is 169 Å². The number of nitrogens with zero attached hydrogens (tertiary/aromatic N) is 3. The fourth-order valence-corrected chi connectivity index (χ4v) is 3.22. The van der Waals surface area contributed by atoms with Gasteiger partial charge >= 0.3 is 0 Å². The van der Waals surface area contributed by atoms with Gasteiger partial charge in [0.2, 0.25) is 0 Å². The number of ether oxygens (including phenoxy) is 1. The second-order valence-electron chi connectivity index (χ2n) is 6.87. The third-order valence-electron chi connectivity index (χ3n) is 4.82. The number of benzene rings is 2. The average molecular weight is 389 g/mol. The van der Waals surface area contributed by atoms with Crippen molar-refractivity contribution in [3.05, 3.63) is 71.9 Å². The molecule has 0 bridgehead atoms. The Kier molecular flexibility index (Phi) is 5.67. The molecular weight excluding hydrogens is 366 g/mol. The van der Waals surface area contributed by atoms with Gasteiger partial charge in [-0.05, 0) is 42.8 Å². The van der Waals surface area contributed by atoms with Crippen LogP contribution in [-0.2, 0) is 4.74 Å². The third kappa shape index (κ3) is 4.70. The SMILES string of the molecule is Cc1ccccc1C(=O)Nc1ccc(Nc2cc(N3CCOCC3)cnn2)cc1. The first-order valence-corrected chi connectivity index (χ1v) is 9.58. The summed E-state index contributed by atoms with van der Waals surface area (Å²) in [5.41, 5.74) is 4.24. The fourth-order valence-electron chi connectivity index (χ4n) is 3.22. The monoisotopic (exact) mass is 389 g/mol. The molecule has 29 heavy (non-hydrogen) atoms. The smallest absolute Gasteiger partial charge is 0.255 e. The van der Waals surface area contributed by atoms with Crippen LogP contribution in [-0.4, -0.2) is 42.4 Å². The number of anilines is 4. The lowest BCUT2D eigenvalue weighted by molar-refractivity contribution is 0.102. The van der Waals surface area contributed by atoms with Crippen molar-refractivity contribution >= 4 is 28.8 Å². The Morgan fingerprint density at radius 2 is 1.76 bits per heavy atom. The molecular formula is C22H23N5O2. The van der Waals surface area contributed by atoms with Crippen LogP contribution in [0, 0.1) is 6.92 Å². The number of amides is 1. The molecule has 1 aliphatic heterocycles. The second-order valence-corrected chi connectivity index (χ2v) is 6.87. The molecule has 3 aromatic rings. The van der Waals surface area contributed by atoms with Gasteiger partial charge in [0.1, 0.15) is 0 Å². The minimum Gasteiger partial charge on any atom is -0.378 e. The molecule has 2 aromatic carbocycles. The topological polar surface area (TPSA) is 79.4 Å². The molecule has 0 atom stereocenters. The van der Waals surface area contributed by atoms with Gasteiger partial charge in [-0.2, -0.15) is 5.10 Å². The number of aromatic nitrogens is 2. The third-order valence-corrected chi connectivity index (χ3v) is 4.82. The Morgan fingerprint density at radius 1 is 1.03 bits per heavy atom. The lowest BCUT2D eigenvalue weighted by atomic mass is 10.1. The Balaban J connectivity index is 1.41. The predicted molar refractivity (Wildman–Crippen MR) is 114 cm³/mol. The summed E-state index contributed by atoms with van der Waals surface area (Å²) in [5, 5.41) is 14.5. The molecule has 0 aliphatic carbocycles.